The third-order valence-corrected chi connectivity index (χ3v) is 1.52. The zero-order valence-electron chi connectivity index (χ0n) is 6.59. The van der Waals surface area contributed by atoms with Gasteiger partial charge in [0.1, 0.15) is 5.56 Å². The lowest BCUT2D eigenvalue weighted by molar-refractivity contribution is -0.143. The highest BCUT2D eigenvalue weighted by atomic mass is 19.4. The molecule has 1 aromatic carbocycles. The molecule has 0 aliphatic rings. The standard InChI is InChI=1S/C7HF7O/c8-2-1(7(12,13)14)3(9)5(11)6(15)4(2)10/h15H. The SMILES string of the molecule is Oc1c(F)c(F)c(C(F)(F)F)c(F)c1F. The predicted octanol–water partition coefficient (Wildman–Crippen LogP) is 2.97. The quantitative estimate of drug-likeness (QED) is 0.540. The number of aromatic hydroxyl groups is 1. The van der Waals surface area contributed by atoms with E-state index in [0.29, 0.717) is 0 Å². The molecule has 0 fully saturated rings. The summed E-state index contributed by atoms with van der Waals surface area (Å²) in [4.78, 5) is 0. The van der Waals surface area contributed by atoms with Gasteiger partial charge in [0.2, 0.25) is 11.6 Å². The van der Waals surface area contributed by atoms with Gasteiger partial charge in [0.25, 0.3) is 0 Å². The minimum absolute atomic E-state index is 2.13. The summed E-state index contributed by atoms with van der Waals surface area (Å²) in [5.74, 6) is -12.5. The van der Waals surface area contributed by atoms with Crippen molar-refractivity contribution in [1.29, 1.82) is 0 Å². The zero-order chi connectivity index (χ0) is 12.0. The summed E-state index contributed by atoms with van der Waals surface area (Å²) >= 11 is 0. The predicted molar refractivity (Wildman–Crippen MR) is 32.9 cm³/mol. The second-order valence-electron chi connectivity index (χ2n) is 2.48. The molecule has 8 heteroatoms. The molecule has 0 atom stereocenters. The van der Waals surface area contributed by atoms with Crippen molar-refractivity contribution in [3.05, 3.63) is 28.8 Å². The molecule has 1 N–H and O–H groups in total. The number of halogens is 7. The Hall–Kier alpha value is -1.47. The third-order valence-electron chi connectivity index (χ3n) is 1.52. The fraction of sp³-hybridized carbons (Fsp3) is 0.143. The summed E-state index contributed by atoms with van der Waals surface area (Å²) in [7, 11) is 0. The molecule has 15 heavy (non-hydrogen) atoms. The van der Waals surface area contributed by atoms with Gasteiger partial charge in [-0.1, -0.05) is 0 Å². The van der Waals surface area contributed by atoms with Gasteiger partial charge in [-0.25, -0.2) is 8.78 Å². The van der Waals surface area contributed by atoms with Crippen LogP contribution in [0.25, 0.3) is 0 Å². The fourth-order valence-electron chi connectivity index (χ4n) is 0.869. The first-order valence-electron chi connectivity index (χ1n) is 3.30. The minimum atomic E-state index is -5.59. The molecule has 0 spiro atoms. The molecular weight excluding hydrogens is 233 g/mol. The molecular formula is C7HF7O. The molecule has 84 valence electrons. The number of alkyl halides is 3. The summed E-state index contributed by atoms with van der Waals surface area (Å²) in [5.41, 5.74) is -2.71. The lowest BCUT2D eigenvalue weighted by atomic mass is 10.1. The molecule has 1 rings (SSSR count). The number of phenolic OH excluding ortho intramolecular Hbond substituents is 1. The Labute approximate surface area is 77.7 Å². The largest absolute Gasteiger partial charge is 0.503 e. The summed E-state index contributed by atoms with van der Waals surface area (Å²) < 4.78 is 85.7. The van der Waals surface area contributed by atoms with Crippen LogP contribution in [0.15, 0.2) is 0 Å². The third kappa shape index (κ3) is 1.71. The summed E-state index contributed by atoms with van der Waals surface area (Å²) in [6.07, 6.45) is -5.59. The fourth-order valence-corrected chi connectivity index (χ4v) is 0.869. The molecule has 0 aliphatic heterocycles. The van der Waals surface area contributed by atoms with E-state index < -0.39 is 40.8 Å². The highest BCUT2D eigenvalue weighted by Crippen LogP contribution is 2.38. The van der Waals surface area contributed by atoms with Crippen molar-refractivity contribution in [1.82, 2.24) is 0 Å². The van der Waals surface area contributed by atoms with Gasteiger partial charge < -0.3 is 5.11 Å². The van der Waals surface area contributed by atoms with E-state index in [2.05, 4.69) is 0 Å². The van der Waals surface area contributed by atoms with Gasteiger partial charge in [-0.2, -0.15) is 22.0 Å². The van der Waals surface area contributed by atoms with Crippen LogP contribution in [0.5, 0.6) is 5.75 Å². The Kier molecular flexibility index (Phi) is 2.54. The van der Waals surface area contributed by atoms with Gasteiger partial charge in [0, 0.05) is 0 Å². The van der Waals surface area contributed by atoms with Crippen LogP contribution in [0, 0.1) is 23.3 Å². The molecule has 0 aliphatic carbocycles. The van der Waals surface area contributed by atoms with Crippen LogP contribution >= 0.6 is 0 Å². The molecule has 0 saturated carbocycles. The van der Waals surface area contributed by atoms with E-state index in [0.717, 1.165) is 0 Å². The van der Waals surface area contributed by atoms with Gasteiger partial charge in [0.05, 0.1) is 0 Å². The van der Waals surface area contributed by atoms with Crippen molar-refractivity contribution >= 4 is 0 Å². The second kappa shape index (κ2) is 3.28. The second-order valence-corrected chi connectivity index (χ2v) is 2.48. The highest BCUT2D eigenvalue weighted by Gasteiger charge is 2.42. The van der Waals surface area contributed by atoms with Crippen molar-refractivity contribution in [3.63, 3.8) is 0 Å². The van der Waals surface area contributed by atoms with Crippen LogP contribution in [0.1, 0.15) is 5.56 Å². The molecule has 0 bridgehead atoms. The van der Waals surface area contributed by atoms with E-state index in [1.165, 1.54) is 0 Å². The number of benzene rings is 1. The first-order chi connectivity index (χ1) is 6.68. The summed E-state index contributed by atoms with van der Waals surface area (Å²) in [6, 6.07) is 0. The Morgan fingerprint density at radius 2 is 1.07 bits per heavy atom. The lowest BCUT2D eigenvalue weighted by Gasteiger charge is -2.11. The van der Waals surface area contributed by atoms with Crippen LogP contribution in [0.3, 0.4) is 0 Å². The van der Waals surface area contributed by atoms with Crippen molar-refractivity contribution < 1.29 is 35.8 Å². The lowest BCUT2D eigenvalue weighted by Crippen LogP contribution is -2.14. The van der Waals surface area contributed by atoms with Crippen LogP contribution in [0.2, 0.25) is 0 Å². The zero-order valence-corrected chi connectivity index (χ0v) is 6.59. The Bertz CT molecular complexity index is 380. The van der Waals surface area contributed by atoms with Crippen LogP contribution in [0.4, 0.5) is 30.7 Å². The topological polar surface area (TPSA) is 20.2 Å². The smallest absolute Gasteiger partial charge is 0.422 e. The van der Waals surface area contributed by atoms with Gasteiger partial charge in [-0.3, -0.25) is 0 Å². The van der Waals surface area contributed by atoms with E-state index in [1.54, 1.807) is 0 Å². The first kappa shape index (κ1) is 11.6. The van der Waals surface area contributed by atoms with E-state index >= 15 is 0 Å². The summed E-state index contributed by atoms with van der Waals surface area (Å²) in [6.45, 7) is 0. The van der Waals surface area contributed by atoms with Gasteiger partial charge >= 0.3 is 6.18 Å². The monoisotopic (exact) mass is 234 g/mol. The molecule has 0 radical (unpaired) electrons. The number of phenols is 1. The molecule has 1 aromatic rings. The van der Waals surface area contributed by atoms with E-state index in [-0.39, 0.29) is 0 Å². The van der Waals surface area contributed by atoms with Crippen molar-refractivity contribution in [2.24, 2.45) is 0 Å². The molecule has 0 aromatic heterocycles. The summed E-state index contributed by atoms with van der Waals surface area (Å²) in [5, 5.41) is 8.36. The van der Waals surface area contributed by atoms with Gasteiger partial charge in [-0.05, 0) is 0 Å². The molecule has 0 saturated heterocycles. The maximum atomic E-state index is 12.5. The van der Waals surface area contributed by atoms with Gasteiger partial charge in [0.15, 0.2) is 17.4 Å². The van der Waals surface area contributed by atoms with E-state index in [9.17, 15) is 30.7 Å². The Morgan fingerprint density at radius 1 is 0.733 bits per heavy atom. The maximum absolute atomic E-state index is 12.5. The average molecular weight is 234 g/mol. The average Bonchev–Trinajstić information content (AvgIpc) is 2.09. The maximum Gasteiger partial charge on any atom is 0.422 e. The van der Waals surface area contributed by atoms with Crippen molar-refractivity contribution in [2.45, 2.75) is 6.18 Å². The molecule has 0 unspecified atom stereocenters. The van der Waals surface area contributed by atoms with Crippen molar-refractivity contribution in [2.75, 3.05) is 0 Å². The van der Waals surface area contributed by atoms with Crippen molar-refractivity contribution in [3.8, 4) is 5.75 Å². The van der Waals surface area contributed by atoms with Crippen LogP contribution in [-0.4, -0.2) is 5.11 Å². The van der Waals surface area contributed by atoms with Crippen LogP contribution in [-0.2, 0) is 6.18 Å². The van der Waals surface area contributed by atoms with E-state index in [4.69, 9.17) is 5.11 Å². The molecule has 0 heterocycles. The Balaban J connectivity index is 3.68. The Morgan fingerprint density at radius 3 is 1.33 bits per heavy atom. The first-order valence-corrected chi connectivity index (χ1v) is 3.30. The number of hydrogen-bond acceptors (Lipinski definition) is 1. The number of hydrogen-bond donors (Lipinski definition) is 1. The normalized spacial score (nSPS) is 11.9. The van der Waals surface area contributed by atoms with Gasteiger partial charge in [-0.15, -0.1) is 0 Å². The molecule has 0 amide bonds. The minimum Gasteiger partial charge on any atom is -0.503 e. The molecule has 1 nitrogen and oxygen atoms in total. The van der Waals surface area contributed by atoms with E-state index in [1.807, 2.05) is 0 Å². The van der Waals surface area contributed by atoms with Crippen LogP contribution < -0.4 is 0 Å². The highest BCUT2D eigenvalue weighted by molar-refractivity contribution is 5.34. The number of rotatable bonds is 0.